The van der Waals surface area contributed by atoms with Gasteiger partial charge in [0.15, 0.2) is 5.65 Å². The van der Waals surface area contributed by atoms with Crippen LogP contribution in [0.4, 0.5) is 5.69 Å². The molecular formula is C26H30N6O4S. The summed E-state index contributed by atoms with van der Waals surface area (Å²) in [7, 11) is -4.01. The van der Waals surface area contributed by atoms with Crippen LogP contribution in [0.5, 0.6) is 0 Å². The number of sulfone groups is 1. The lowest BCUT2D eigenvalue weighted by molar-refractivity contribution is -0.0178. The van der Waals surface area contributed by atoms with Crippen LogP contribution < -0.4 is 15.8 Å². The fourth-order valence-electron chi connectivity index (χ4n) is 5.93. The molecule has 2 aromatic carbocycles. The molecule has 10 nitrogen and oxygen atoms in total. The third kappa shape index (κ3) is 3.84. The smallest absolute Gasteiger partial charge is 0.281 e. The van der Waals surface area contributed by atoms with Crippen molar-refractivity contribution in [2.24, 2.45) is 5.41 Å². The molecule has 4 heterocycles. The van der Waals surface area contributed by atoms with E-state index >= 15 is 0 Å². The zero-order chi connectivity index (χ0) is 25.9. The van der Waals surface area contributed by atoms with E-state index in [1.807, 2.05) is 19.1 Å². The van der Waals surface area contributed by atoms with Gasteiger partial charge in [0.2, 0.25) is 14.9 Å². The van der Waals surface area contributed by atoms with Gasteiger partial charge in [0.05, 0.1) is 21.9 Å². The van der Waals surface area contributed by atoms with Crippen molar-refractivity contribution in [2.45, 2.75) is 49.1 Å². The van der Waals surface area contributed by atoms with Gasteiger partial charge in [0.25, 0.3) is 5.56 Å². The predicted octanol–water partition coefficient (Wildman–Crippen LogP) is 1.96. The van der Waals surface area contributed by atoms with Crippen LogP contribution in [0.3, 0.4) is 0 Å². The molecular weight excluding hydrogens is 492 g/mol. The van der Waals surface area contributed by atoms with Gasteiger partial charge in [0.1, 0.15) is 0 Å². The van der Waals surface area contributed by atoms with Crippen LogP contribution in [-0.2, 0) is 9.84 Å². The molecule has 1 atom stereocenters. The number of aryl methyl sites for hydroxylation is 2. The molecule has 6 rings (SSSR count). The highest BCUT2D eigenvalue weighted by molar-refractivity contribution is 7.91. The average Bonchev–Trinajstić information content (AvgIpc) is 3.31. The molecule has 3 N–H and O–H groups in total. The Hall–Kier alpha value is -3.28. The summed E-state index contributed by atoms with van der Waals surface area (Å²) >= 11 is 0. The Kier molecular flexibility index (Phi) is 5.62. The van der Waals surface area contributed by atoms with Gasteiger partial charge in [-0.3, -0.25) is 4.79 Å². The Morgan fingerprint density at radius 2 is 1.86 bits per heavy atom. The Morgan fingerprint density at radius 1 is 1.08 bits per heavy atom. The highest BCUT2D eigenvalue weighted by atomic mass is 32.2. The fraction of sp³-hybridized carbons (Fsp3) is 0.423. The molecule has 4 aromatic rings. The van der Waals surface area contributed by atoms with E-state index in [0.717, 1.165) is 50.1 Å². The van der Waals surface area contributed by atoms with Gasteiger partial charge >= 0.3 is 0 Å². The Morgan fingerprint density at radius 3 is 2.59 bits per heavy atom. The lowest BCUT2D eigenvalue weighted by Gasteiger charge is -2.48. The van der Waals surface area contributed by atoms with E-state index in [-0.39, 0.29) is 27.1 Å². The number of benzene rings is 2. The monoisotopic (exact) mass is 522 g/mol. The minimum atomic E-state index is -4.01. The van der Waals surface area contributed by atoms with Gasteiger partial charge in [-0.2, -0.15) is 4.98 Å². The van der Waals surface area contributed by atoms with Crippen molar-refractivity contribution in [2.75, 3.05) is 31.1 Å². The number of nitrogens with zero attached hydrogens (tertiary/aromatic N) is 4. The molecule has 2 aliphatic heterocycles. The first-order valence-electron chi connectivity index (χ1n) is 12.6. The largest absolute Gasteiger partial charge is 0.391 e. The number of fused-ring (bicyclic) bond motifs is 3. The molecule has 194 valence electrons. The lowest BCUT2D eigenvalue weighted by Crippen LogP contribution is -2.54. The van der Waals surface area contributed by atoms with E-state index in [4.69, 9.17) is 0 Å². The summed E-state index contributed by atoms with van der Waals surface area (Å²) in [4.78, 5) is 19.4. The highest BCUT2D eigenvalue weighted by Crippen LogP contribution is 2.41. The zero-order valence-electron chi connectivity index (χ0n) is 20.9. The molecule has 0 saturated carbocycles. The summed E-state index contributed by atoms with van der Waals surface area (Å²) in [5.74, 6) is 0. The number of aliphatic hydroxyl groups excluding tert-OH is 1. The molecule has 2 saturated heterocycles. The third-order valence-corrected chi connectivity index (χ3v) is 9.98. The molecule has 0 radical (unpaired) electrons. The van der Waals surface area contributed by atoms with Crippen molar-refractivity contribution >= 4 is 32.1 Å². The van der Waals surface area contributed by atoms with Crippen LogP contribution >= 0.6 is 0 Å². The second-order valence-corrected chi connectivity index (χ2v) is 12.2. The summed E-state index contributed by atoms with van der Waals surface area (Å²) < 4.78 is 28.5. The molecule has 0 aliphatic carbocycles. The van der Waals surface area contributed by atoms with E-state index < -0.39 is 15.4 Å². The van der Waals surface area contributed by atoms with E-state index in [1.54, 1.807) is 31.2 Å². The summed E-state index contributed by atoms with van der Waals surface area (Å²) in [6.45, 7) is 6.78. The van der Waals surface area contributed by atoms with Crippen LogP contribution in [0, 0.1) is 19.3 Å². The van der Waals surface area contributed by atoms with Gasteiger partial charge in [-0.15, -0.1) is 5.10 Å². The maximum Gasteiger partial charge on any atom is 0.281 e. The number of aromatic amines is 1. The number of H-pyrrole nitrogens is 1. The molecule has 2 aliphatic rings. The number of rotatable bonds is 3. The fourth-order valence-corrected chi connectivity index (χ4v) is 7.41. The first-order valence-corrected chi connectivity index (χ1v) is 14.0. The minimum absolute atomic E-state index is 0.0231. The van der Waals surface area contributed by atoms with E-state index in [2.05, 4.69) is 25.5 Å². The van der Waals surface area contributed by atoms with E-state index in [9.17, 15) is 18.3 Å². The van der Waals surface area contributed by atoms with Crippen LogP contribution in [0.15, 0.2) is 51.1 Å². The number of hydrogen-bond acceptors (Lipinski definition) is 8. The highest BCUT2D eigenvalue weighted by Gasteiger charge is 2.42. The Balaban J connectivity index is 1.40. The van der Waals surface area contributed by atoms with Crippen LogP contribution in [0.1, 0.15) is 30.4 Å². The molecule has 2 fully saturated rings. The third-order valence-electron chi connectivity index (χ3n) is 8.16. The van der Waals surface area contributed by atoms with Crippen molar-refractivity contribution in [3.63, 3.8) is 0 Å². The zero-order valence-corrected chi connectivity index (χ0v) is 21.7. The molecule has 0 bridgehead atoms. The number of piperidine rings is 2. The topological polar surface area (TPSA) is 133 Å². The number of aliphatic hydroxyl groups is 1. The van der Waals surface area contributed by atoms with Gasteiger partial charge in [0, 0.05) is 30.7 Å². The quantitative estimate of drug-likeness (QED) is 0.372. The van der Waals surface area contributed by atoms with Crippen LogP contribution in [0.2, 0.25) is 0 Å². The Bertz CT molecular complexity index is 1680. The minimum Gasteiger partial charge on any atom is -0.391 e. The van der Waals surface area contributed by atoms with Crippen molar-refractivity contribution < 1.29 is 13.5 Å². The molecule has 2 aromatic heterocycles. The number of hydrogen-bond donors (Lipinski definition) is 3. The van der Waals surface area contributed by atoms with Crippen LogP contribution in [0.25, 0.3) is 16.6 Å². The SMILES string of the molecule is Cc1ccc(S(=O)(=O)c2n[nH]n3c2nc(=O)c2ccc(N4CCC5(CCNC[C@@H]5O)CC4)cc23)c(C)c1. The number of aromatic nitrogens is 4. The standard InChI is InChI=1S/C26H30N6O4S/c1-16-3-6-21(17(2)13-16)37(35,36)25-23-28-24(34)19-5-4-18(14-20(19)32(23)30-29-25)31-11-8-26(9-12-31)7-10-27-15-22(26)33/h3-6,13-14,22,27,30,33H,7-12,15H2,1-2H3/t22-/m0/s1. The predicted molar refractivity (Wildman–Crippen MR) is 140 cm³/mol. The van der Waals surface area contributed by atoms with Crippen molar-refractivity contribution in [1.82, 2.24) is 25.1 Å². The molecule has 0 unspecified atom stereocenters. The number of β-amino-alcohol motifs (C(OH)–C–C–N with tert-alkyl or cyclic N) is 1. The summed E-state index contributed by atoms with van der Waals surface area (Å²) in [6.07, 6.45) is 2.41. The number of anilines is 1. The second kappa shape index (κ2) is 8.64. The average molecular weight is 523 g/mol. The second-order valence-electron chi connectivity index (χ2n) is 10.4. The molecule has 11 heteroatoms. The van der Waals surface area contributed by atoms with Crippen molar-refractivity contribution in [3.05, 3.63) is 57.9 Å². The number of nitrogens with one attached hydrogen (secondary N) is 2. The maximum absolute atomic E-state index is 13.5. The molecule has 0 amide bonds. The maximum atomic E-state index is 13.5. The van der Waals surface area contributed by atoms with E-state index in [0.29, 0.717) is 23.0 Å². The first kappa shape index (κ1) is 24.1. The summed E-state index contributed by atoms with van der Waals surface area (Å²) in [5, 5.41) is 20.9. The summed E-state index contributed by atoms with van der Waals surface area (Å²) in [6, 6.07) is 10.6. The van der Waals surface area contributed by atoms with Gasteiger partial charge in [-0.1, -0.05) is 17.7 Å². The lowest BCUT2D eigenvalue weighted by atomic mass is 9.69. The van der Waals surface area contributed by atoms with Crippen LogP contribution in [-0.4, -0.2) is 65.6 Å². The van der Waals surface area contributed by atoms with Crippen molar-refractivity contribution in [1.29, 1.82) is 0 Å². The van der Waals surface area contributed by atoms with Crippen molar-refractivity contribution in [3.8, 4) is 0 Å². The Labute approximate surface area is 214 Å². The first-order chi connectivity index (χ1) is 17.7. The molecule has 1 spiro atoms. The van der Waals surface area contributed by atoms with Gasteiger partial charge in [-0.25, -0.2) is 18.1 Å². The summed E-state index contributed by atoms with van der Waals surface area (Å²) in [5.41, 5.74) is 2.43. The van der Waals surface area contributed by atoms with Gasteiger partial charge in [-0.05, 0) is 69.5 Å². The normalized spacial score (nSPS) is 20.2. The molecule has 37 heavy (non-hydrogen) atoms. The van der Waals surface area contributed by atoms with E-state index in [1.165, 1.54) is 4.52 Å². The van der Waals surface area contributed by atoms with Gasteiger partial charge < -0.3 is 15.3 Å².